The van der Waals surface area contributed by atoms with E-state index in [2.05, 4.69) is 4.99 Å². The van der Waals surface area contributed by atoms with E-state index in [-0.39, 0.29) is 29.4 Å². The van der Waals surface area contributed by atoms with Crippen molar-refractivity contribution in [3.05, 3.63) is 91.7 Å². The summed E-state index contributed by atoms with van der Waals surface area (Å²) >= 11 is 3.09. The summed E-state index contributed by atoms with van der Waals surface area (Å²) in [5.74, 6) is -0.391. The van der Waals surface area contributed by atoms with Crippen molar-refractivity contribution < 1.29 is 24.3 Å². The van der Waals surface area contributed by atoms with Crippen molar-refractivity contribution >= 4 is 51.7 Å². The van der Waals surface area contributed by atoms with Crippen molar-refractivity contribution in [3.8, 4) is 11.5 Å². The average Bonchev–Trinajstić information content (AvgIpc) is 3.14. The van der Waals surface area contributed by atoms with Crippen molar-refractivity contribution in [1.82, 2.24) is 4.57 Å². The third kappa shape index (κ3) is 4.90. The van der Waals surface area contributed by atoms with Crippen LogP contribution in [0.3, 0.4) is 0 Å². The van der Waals surface area contributed by atoms with E-state index in [1.165, 1.54) is 17.7 Å². The van der Waals surface area contributed by atoms with Gasteiger partial charge in [0, 0.05) is 11.6 Å². The van der Waals surface area contributed by atoms with E-state index in [1.807, 2.05) is 22.6 Å². The number of nitro groups is 1. The summed E-state index contributed by atoms with van der Waals surface area (Å²) in [5.41, 5.74) is 1.42. The highest BCUT2D eigenvalue weighted by Crippen LogP contribution is 2.34. The number of carbonyl (C=O) groups excluding carboxylic acids is 1. The van der Waals surface area contributed by atoms with Crippen LogP contribution < -0.4 is 19.6 Å². The molecule has 1 aliphatic heterocycles. The first-order valence-corrected chi connectivity index (χ1v) is 13.0. The molecular weight excluding hydrogens is 613 g/mol. The standard InChI is InChI=1S/C25H22IN3O7S/c1-5-36-24(32)20-13(3)27-25-28(21(20)15-7-6-12(2)17(11-15)29(33)34)23(31)19(37-25)10-14-8-16(26)22(30)18(9-14)35-4/h6-11,21,30H,5H2,1-4H3/b19-10+/t21-/m0/s1. The normalized spacial score (nSPS) is 15.3. The topological polar surface area (TPSA) is 133 Å². The number of esters is 1. The molecular formula is C25H22IN3O7S. The number of phenolic OH excluding ortho intramolecular Hbond substituents is 1. The molecule has 0 amide bonds. The molecule has 0 fully saturated rings. The Bertz CT molecular complexity index is 1660. The van der Waals surface area contributed by atoms with Gasteiger partial charge in [0.05, 0.1) is 44.1 Å². The Morgan fingerprint density at radius 1 is 1.32 bits per heavy atom. The number of phenols is 1. The summed E-state index contributed by atoms with van der Waals surface area (Å²) in [5, 5.41) is 21.8. The molecule has 2 aromatic carbocycles. The van der Waals surface area contributed by atoms with Crippen LogP contribution in [-0.4, -0.2) is 34.3 Å². The molecule has 192 valence electrons. The summed E-state index contributed by atoms with van der Waals surface area (Å²) < 4.78 is 12.7. The maximum atomic E-state index is 13.7. The lowest BCUT2D eigenvalue weighted by Gasteiger charge is -2.24. The number of aryl methyl sites for hydroxylation is 1. The number of aromatic hydroxyl groups is 1. The molecule has 1 aliphatic rings. The van der Waals surface area contributed by atoms with E-state index in [4.69, 9.17) is 9.47 Å². The summed E-state index contributed by atoms with van der Waals surface area (Å²) in [6, 6.07) is 6.97. The molecule has 0 spiro atoms. The Labute approximate surface area is 228 Å². The molecule has 1 aromatic heterocycles. The van der Waals surface area contributed by atoms with Crippen molar-refractivity contribution in [2.45, 2.75) is 26.8 Å². The van der Waals surface area contributed by atoms with Crippen LogP contribution in [0.1, 0.15) is 36.6 Å². The molecule has 0 unspecified atom stereocenters. The molecule has 12 heteroatoms. The second-order valence-electron chi connectivity index (χ2n) is 8.16. The van der Waals surface area contributed by atoms with Crippen LogP contribution >= 0.6 is 33.9 Å². The summed E-state index contributed by atoms with van der Waals surface area (Å²) in [6.07, 6.45) is 1.64. The van der Waals surface area contributed by atoms with Gasteiger partial charge in [0.25, 0.3) is 11.2 Å². The van der Waals surface area contributed by atoms with Gasteiger partial charge in [-0.2, -0.15) is 0 Å². The SMILES string of the molecule is CCOC(=O)C1=C(C)N=c2s/c(=C/c3cc(I)c(O)c(OC)c3)c(=O)n2[C@H]1c1ccc(C)c([N+](=O)[O-])c1. The minimum absolute atomic E-state index is 0.00243. The van der Waals surface area contributed by atoms with Crippen LogP contribution in [0.5, 0.6) is 11.5 Å². The van der Waals surface area contributed by atoms with Gasteiger partial charge in [-0.05, 0) is 72.7 Å². The fraction of sp³-hybridized carbons (Fsp3) is 0.240. The number of allylic oxidation sites excluding steroid dienone is 1. The molecule has 3 aromatic rings. The second-order valence-corrected chi connectivity index (χ2v) is 10.3. The predicted molar refractivity (Wildman–Crippen MR) is 146 cm³/mol. The number of thiazole rings is 1. The quantitative estimate of drug-likeness (QED) is 0.190. The van der Waals surface area contributed by atoms with Crippen molar-refractivity contribution in [2.24, 2.45) is 4.99 Å². The third-order valence-corrected chi connectivity index (χ3v) is 7.64. The molecule has 2 heterocycles. The van der Waals surface area contributed by atoms with Gasteiger partial charge in [0.1, 0.15) is 0 Å². The summed E-state index contributed by atoms with van der Waals surface area (Å²) in [6.45, 7) is 5.05. The Morgan fingerprint density at radius 3 is 2.70 bits per heavy atom. The highest BCUT2D eigenvalue weighted by atomic mass is 127. The van der Waals surface area contributed by atoms with Gasteiger partial charge < -0.3 is 14.6 Å². The zero-order chi connectivity index (χ0) is 27.0. The van der Waals surface area contributed by atoms with Crippen LogP contribution in [0.4, 0.5) is 5.69 Å². The minimum atomic E-state index is -0.966. The Hall–Kier alpha value is -3.52. The van der Waals surface area contributed by atoms with Crippen LogP contribution in [0.25, 0.3) is 6.08 Å². The molecule has 37 heavy (non-hydrogen) atoms. The van der Waals surface area contributed by atoms with Crippen molar-refractivity contribution in [1.29, 1.82) is 0 Å². The van der Waals surface area contributed by atoms with Gasteiger partial charge in [-0.25, -0.2) is 9.79 Å². The van der Waals surface area contributed by atoms with E-state index < -0.39 is 22.5 Å². The van der Waals surface area contributed by atoms with Crippen LogP contribution in [-0.2, 0) is 9.53 Å². The first-order valence-electron chi connectivity index (χ1n) is 11.1. The molecule has 0 saturated carbocycles. The molecule has 10 nitrogen and oxygen atoms in total. The van der Waals surface area contributed by atoms with E-state index in [0.29, 0.717) is 35.3 Å². The lowest BCUT2D eigenvalue weighted by Crippen LogP contribution is -2.40. The Kier molecular flexibility index (Phi) is 7.50. The van der Waals surface area contributed by atoms with Crippen LogP contribution in [0, 0.1) is 20.6 Å². The maximum Gasteiger partial charge on any atom is 0.338 e. The molecule has 0 radical (unpaired) electrons. The number of fused-ring (bicyclic) bond motifs is 1. The molecule has 0 aliphatic carbocycles. The van der Waals surface area contributed by atoms with Gasteiger partial charge >= 0.3 is 5.97 Å². The molecule has 4 rings (SSSR count). The van der Waals surface area contributed by atoms with Gasteiger partial charge in [-0.15, -0.1) is 0 Å². The van der Waals surface area contributed by atoms with Gasteiger partial charge in [0.2, 0.25) is 0 Å². The largest absolute Gasteiger partial charge is 0.504 e. The molecule has 1 N–H and O–H groups in total. The van der Waals surface area contributed by atoms with E-state index in [9.17, 15) is 24.8 Å². The van der Waals surface area contributed by atoms with Gasteiger partial charge in [0.15, 0.2) is 16.3 Å². The van der Waals surface area contributed by atoms with E-state index >= 15 is 0 Å². The highest BCUT2D eigenvalue weighted by Gasteiger charge is 2.34. The number of nitrogens with zero attached hydrogens (tertiary/aromatic N) is 3. The number of aromatic nitrogens is 1. The Morgan fingerprint density at radius 2 is 2.05 bits per heavy atom. The van der Waals surface area contributed by atoms with E-state index in [0.717, 1.165) is 11.3 Å². The first kappa shape index (κ1) is 26.5. The van der Waals surface area contributed by atoms with Crippen LogP contribution in [0.15, 0.2) is 51.4 Å². The fourth-order valence-corrected chi connectivity index (χ4v) is 5.76. The third-order valence-electron chi connectivity index (χ3n) is 5.83. The Balaban J connectivity index is 1.99. The maximum absolute atomic E-state index is 13.7. The number of ether oxygens (including phenoxy) is 2. The van der Waals surface area contributed by atoms with Gasteiger partial charge in [-0.3, -0.25) is 19.5 Å². The predicted octanol–water partition coefficient (Wildman–Crippen LogP) is 3.33. The van der Waals surface area contributed by atoms with Crippen LogP contribution in [0.2, 0.25) is 0 Å². The number of methoxy groups -OCH3 is 1. The highest BCUT2D eigenvalue weighted by molar-refractivity contribution is 14.1. The number of benzene rings is 2. The lowest BCUT2D eigenvalue weighted by molar-refractivity contribution is -0.385. The minimum Gasteiger partial charge on any atom is -0.504 e. The van der Waals surface area contributed by atoms with Gasteiger partial charge in [-0.1, -0.05) is 23.5 Å². The smallest absolute Gasteiger partial charge is 0.338 e. The molecule has 0 bridgehead atoms. The summed E-state index contributed by atoms with van der Waals surface area (Å²) in [7, 11) is 1.43. The first-order chi connectivity index (χ1) is 17.6. The second kappa shape index (κ2) is 10.5. The number of hydrogen-bond donors (Lipinski definition) is 1. The van der Waals surface area contributed by atoms with Crippen molar-refractivity contribution in [2.75, 3.05) is 13.7 Å². The number of hydrogen-bond acceptors (Lipinski definition) is 9. The van der Waals surface area contributed by atoms with E-state index in [1.54, 1.807) is 51.1 Å². The zero-order valence-corrected chi connectivity index (χ0v) is 23.2. The monoisotopic (exact) mass is 635 g/mol. The number of rotatable bonds is 6. The average molecular weight is 635 g/mol. The lowest BCUT2D eigenvalue weighted by atomic mass is 9.94. The zero-order valence-electron chi connectivity index (χ0n) is 20.3. The fourth-order valence-electron chi connectivity index (χ4n) is 4.08. The molecule has 1 atom stereocenters. The summed E-state index contributed by atoms with van der Waals surface area (Å²) in [4.78, 5) is 42.7. The molecule has 0 saturated heterocycles. The number of carbonyl (C=O) groups is 1. The number of halogens is 1. The number of nitro benzene ring substituents is 1. The van der Waals surface area contributed by atoms with Crippen molar-refractivity contribution in [3.63, 3.8) is 0 Å².